The Balaban J connectivity index is 1.06. The largest absolute Gasteiger partial charge is 0.309 e. The third-order valence-corrected chi connectivity index (χ3v) is 12.5. The smallest absolute Gasteiger partial charge is 0.0547 e. The average Bonchev–Trinajstić information content (AvgIpc) is 3.87. The van der Waals surface area contributed by atoms with Crippen LogP contribution in [-0.4, -0.2) is 9.13 Å². The topological polar surface area (TPSA) is 9.86 Å². The molecule has 0 aliphatic heterocycles. The van der Waals surface area contributed by atoms with Crippen LogP contribution in [-0.2, 0) is 0 Å². The fraction of sp³-hybridized carbons (Fsp3) is 0. The molecular weight excluding hydrogens is 749 g/mol. The monoisotopic (exact) mass is 788 g/mol. The van der Waals surface area contributed by atoms with E-state index in [9.17, 15) is 0 Å². The Morgan fingerprint density at radius 2 is 0.661 bits per heavy atom. The quantitative estimate of drug-likeness (QED) is 0.152. The van der Waals surface area contributed by atoms with Crippen LogP contribution < -0.4 is 0 Å². The summed E-state index contributed by atoms with van der Waals surface area (Å²) in [5, 5.41) is 4.95. The lowest BCUT2D eigenvalue weighted by Gasteiger charge is -2.13. The summed E-state index contributed by atoms with van der Waals surface area (Å²) < 4.78 is 4.86. The van der Waals surface area contributed by atoms with Crippen molar-refractivity contribution in [3.05, 3.63) is 243 Å². The Morgan fingerprint density at radius 3 is 1.39 bits per heavy atom. The number of aromatic nitrogens is 2. The van der Waals surface area contributed by atoms with Crippen LogP contribution in [0.3, 0.4) is 0 Å². The maximum atomic E-state index is 2.45. The van der Waals surface area contributed by atoms with Crippen LogP contribution in [0.4, 0.5) is 0 Å². The Labute approximate surface area is 360 Å². The van der Waals surface area contributed by atoms with E-state index in [0.717, 1.165) is 11.4 Å². The van der Waals surface area contributed by atoms with E-state index >= 15 is 0 Å². The van der Waals surface area contributed by atoms with Crippen molar-refractivity contribution in [3.63, 3.8) is 0 Å². The molecule has 0 fully saturated rings. The molecule has 10 aromatic carbocycles. The number of nitrogens with zero attached hydrogens (tertiary/aromatic N) is 2. The Kier molecular flexibility index (Phi) is 8.53. The molecule has 0 N–H and O–H groups in total. The van der Waals surface area contributed by atoms with E-state index < -0.39 is 0 Å². The van der Waals surface area contributed by atoms with Gasteiger partial charge >= 0.3 is 0 Å². The highest BCUT2D eigenvalue weighted by atomic mass is 15.0. The van der Waals surface area contributed by atoms with Crippen molar-refractivity contribution in [1.82, 2.24) is 9.13 Å². The highest BCUT2D eigenvalue weighted by molar-refractivity contribution is 6.18. The number of hydrogen-bond donors (Lipinski definition) is 0. The van der Waals surface area contributed by atoms with Crippen LogP contribution in [0.15, 0.2) is 243 Å². The van der Waals surface area contributed by atoms with Gasteiger partial charge in [-0.15, -0.1) is 0 Å². The first-order chi connectivity index (χ1) is 30.8. The Morgan fingerprint density at radius 1 is 0.210 bits per heavy atom. The van der Waals surface area contributed by atoms with E-state index in [2.05, 4.69) is 252 Å². The average molecular weight is 789 g/mol. The molecule has 2 heterocycles. The van der Waals surface area contributed by atoms with Gasteiger partial charge in [-0.25, -0.2) is 0 Å². The van der Waals surface area contributed by atoms with Crippen molar-refractivity contribution in [2.24, 2.45) is 0 Å². The molecule has 290 valence electrons. The number of hydrogen-bond acceptors (Lipinski definition) is 0. The van der Waals surface area contributed by atoms with Gasteiger partial charge in [0.15, 0.2) is 0 Å². The van der Waals surface area contributed by atoms with Crippen LogP contribution in [0.2, 0.25) is 0 Å². The number of rotatable bonds is 7. The summed E-state index contributed by atoms with van der Waals surface area (Å²) in [5.74, 6) is 0. The van der Waals surface area contributed by atoms with Crippen molar-refractivity contribution >= 4 is 43.6 Å². The van der Waals surface area contributed by atoms with Gasteiger partial charge in [0.25, 0.3) is 0 Å². The lowest BCUT2D eigenvalue weighted by atomic mass is 9.91. The van der Waals surface area contributed by atoms with Crippen molar-refractivity contribution < 1.29 is 0 Å². The van der Waals surface area contributed by atoms with E-state index in [4.69, 9.17) is 0 Å². The highest BCUT2D eigenvalue weighted by Gasteiger charge is 2.20. The molecule has 12 rings (SSSR count). The molecule has 0 amide bonds. The molecule has 2 nitrogen and oxygen atoms in total. The Hall–Kier alpha value is -8.20. The second-order valence-corrected chi connectivity index (χ2v) is 16.1. The van der Waals surface area contributed by atoms with Gasteiger partial charge in [-0.3, -0.25) is 0 Å². The first-order valence-electron chi connectivity index (χ1n) is 21.3. The van der Waals surface area contributed by atoms with Crippen molar-refractivity contribution in [1.29, 1.82) is 0 Å². The summed E-state index contributed by atoms with van der Waals surface area (Å²) in [6.07, 6.45) is 0. The maximum absolute atomic E-state index is 2.45. The standard InChI is InChI=1S/C60H40N2/c1-4-16-41(17-5-1)43-30-34-48(35-31-43)61-56-28-13-12-26-52(56)54-39-46(32-36-57(54)61)47-33-37-58-55(40-47)60-53(51-25-11-10-24-50(51)44-20-8-3-9-21-44)27-15-29-59(60)62(58)49-23-14-22-45(38-49)42-18-6-2-7-19-42/h1-40H. The zero-order valence-electron chi connectivity index (χ0n) is 34.0. The molecule has 62 heavy (non-hydrogen) atoms. The van der Waals surface area contributed by atoms with Crippen molar-refractivity contribution in [3.8, 4) is 67.0 Å². The lowest BCUT2D eigenvalue weighted by Crippen LogP contribution is -1.94. The zero-order chi connectivity index (χ0) is 41.0. The normalized spacial score (nSPS) is 11.5. The summed E-state index contributed by atoms with van der Waals surface area (Å²) >= 11 is 0. The van der Waals surface area contributed by atoms with E-state index in [-0.39, 0.29) is 0 Å². The van der Waals surface area contributed by atoms with Gasteiger partial charge in [-0.1, -0.05) is 182 Å². The van der Waals surface area contributed by atoms with Crippen LogP contribution in [0.25, 0.3) is 111 Å². The number of benzene rings is 10. The van der Waals surface area contributed by atoms with Gasteiger partial charge in [0, 0.05) is 32.9 Å². The second-order valence-electron chi connectivity index (χ2n) is 16.1. The molecule has 0 radical (unpaired) electrons. The molecule has 0 saturated carbocycles. The molecule has 0 atom stereocenters. The fourth-order valence-electron chi connectivity index (χ4n) is 9.66. The third kappa shape index (κ3) is 5.96. The van der Waals surface area contributed by atoms with Gasteiger partial charge in [0.2, 0.25) is 0 Å². The van der Waals surface area contributed by atoms with Crippen LogP contribution in [0, 0.1) is 0 Å². The van der Waals surface area contributed by atoms with Crippen molar-refractivity contribution in [2.75, 3.05) is 0 Å². The molecule has 2 heteroatoms. The molecule has 0 aliphatic carbocycles. The summed E-state index contributed by atoms with van der Waals surface area (Å²) in [7, 11) is 0. The van der Waals surface area contributed by atoms with Crippen molar-refractivity contribution in [2.45, 2.75) is 0 Å². The maximum Gasteiger partial charge on any atom is 0.0547 e. The van der Waals surface area contributed by atoms with Gasteiger partial charge in [-0.05, 0) is 116 Å². The molecule has 0 saturated heterocycles. The Bertz CT molecular complexity index is 3600. The fourth-order valence-corrected chi connectivity index (χ4v) is 9.66. The highest BCUT2D eigenvalue weighted by Crippen LogP contribution is 2.44. The number of para-hydroxylation sites is 1. The molecule has 2 aromatic heterocycles. The minimum absolute atomic E-state index is 1.14. The summed E-state index contributed by atoms with van der Waals surface area (Å²) in [4.78, 5) is 0. The van der Waals surface area contributed by atoms with Crippen LogP contribution in [0.1, 0.15) is 0 Å². The molecule has 12 aromatic rings. The number of fused-ring (bicyclic) bond motifs is 6. The molecule has 0 bridgehead atoms. The second kappa shape index (κ2) is 14.8. The van der Waals surface area contributed by atoms with Gasteiger partial charge in [0.1, 0.15) is 0 Å². The predicted molar refractivity (Wildman–Crippen MR) is 262 cm³/mol. The molecular formula is C60H40N2. The third-order valence-electron chi connectivity index (χ3n) is 12.5. The molecule has 0 aliphatic rings. The van der Waals surface area contributed by atoms with Gasteiger partial charge in [0.05, 0.1) is 22.1 Å². The van der Waals surface area contributed by atoms with Crippen LogP contribution >= 0.6 is 0 Å². The SMILES string of the molecule is c1ccc(-c2ccc(-n3c4ccccc4c4cc(-c5ccc6c(c5)c5c(-c7ccccc7-c7ccccc7)cccc5n6-c5cccc(-c6ccccc6)c5)ccc43)cc2)cc1. The summed E-state index contributed by atoms with van der Waals surface area (Å²) in [5.41, 5.74) is 19.1. The minimum atomic E-state index is 1.14. The minimum Gasteiger partial charge on any atom is -0.309 e. The van der Waals surface area contributed by atoms with E-state index in [0.29, 0.717) is 0 Å². The first kappa shape index (κ1) is 35.7. The van der Waals surface area contributed by atoms with E-state index in [1.54, 1.807) is 0 Å². The van der Waals surface area contributed by atoms with E-state index in [1.807, 2.05) is 0 Å². The van der Waals surface area contributed by atoms with E-state index in [1.165, 1.54) is 99.2 Å². The first-order valence-corrected chi connectivity index (χ1v) is 21.3. The van der Waals surface area contributed by atoms with Gasteiger partial charge < -0.3 is 9.13 Å². The predicted octanol–water partition coefficient (Wildman–Crippen LogP) is 16.2. The molecule has 0 unspecified atom stereocenters. The van der Waals surface area contributed by atoms with Gasteiger partial charge in [-0.2, -0.15) is 0 Å². The van der Waals surface area contributed by atoms with Crippen LogP contribution in [0.5, 0.6) is 0 Å². The lowest BCUT2D eigenvalue weighted by molar-refractivity contribution is 1.18. The summed E-state index contributed by atoms with van der Waals surface area (Å²) in [6, 6.07) is 88.4. The molecule has 0 spiro atoms. The summed E-state index contributed by atoms with van der Waals surface area (Å²) in [6.45, 7) is 0. The zero-order valence-corrected chi connectivity index (χ0v) is 34.0.